The van der Waals surface area contributed by atoms with E-state index in [-0.39, 0.29) is 5.91 Å². The highest BCUT2D eigenvalue weighted by Gasteiger charge is 2.43. The Morgan fingerprint density at radius 1 is 1.33 bits per heavy atom. The van der Waals surface area contributed by atoms with Crippen LogP contribution < -0.4 is 0 Å². The molecule has 1 saturated carbocycles. The van der Waals surface area contributed by atoms with Crippen LogP contribution in [0.15, 0.2) is 5.38 Å². The van der Waals surface area contributed by atoms with Gasteiger partial charge in [-0.3, -0.25) is 4.79 Å². The SMILES string of the molecule is CC(C)c1nc(C(=O)N2CC[C@@]3(CCCN(CC4CC4)C3)C2)cs1. The Labute approximate surface area is 149 Å². The predicted octanol–water partition coefficient (Wildman–Crippen LogP) is 3.60. The molecule has 1 aromatic heterocycles. The number of thiazole rings is 1. The van der Waals surface area contributed by atoms with Crippen LogP contribution in [0.2, 0.25) is 0 Å². The van der Waals surface area contributed by atoms with Gasteiger partial charge in [-0.2, -0.15) is 0 Å². The molecule has 1 atom stereocenters. The topological polar surface area (TPSA) is 36.4 Å². The largest absolute Gasteiger partial charge is 0.337 e. The first-order valence-corrected chi connectivity index (χ1v) is 10.4. The van der Waals surface area contributed by atoms with E-state index in [1.807, 2.05) is 5.38 Å². The molecule has 0 N–H and O–H groups in total. The summed E-state index contributed by atoms with van der Waals surface area (Å²) in [5.74, 6) is 1.51. The average molecular weight is 348 g/mol. The standard InChI is InChI=1S/C19H29N3OS/c1-14(2)17-20-16(11-24-17)18(23)22-9-7-19(13-22)6-3-8-21(12-19)10-15-4-5-15/h11,14-15H,3-10,12-13H2,1-2H3/t19-/m1/s1. The quantitative estimate of drug-likeness (QED) is 0.835. The van der Waals surface area contributed by atoms with E-state index in [0.29, 0.717) is 17.0 Å². The van der Waals surface area contributed by atoms with Crippen LogP contribution in [-0.4, -0.2) is 53.4 Å². The highest BCUT2D eigenvalue weighted by Crippen LogP contribution is 2.41. The van der Waals surface area contributed by atoms with Gasteiger partial charge in [0.25, 0.3) is 5.91 Å². The minimum atomic E-state index is 0.148. The second kappa shape index (κ2) is 6.41. The zero-order valence-electron chi connectivity index (χ0n) is 15.0. The minimum absolute atomic E-state index is 0.148. The van der Waals surface area contributed by atoms with Crippen molar-refractivity contribution in [2.75, 3.05) is 32.7 Å². The van der Waals surface area contributed by atoms with E-state index in [2.05, 4.69) is 28.6 Å². The molecule has 0 bridgehead atoms. The lowest BCUT2D eigenvalue weighted by atomic mass is 9.79. The molecule has 24 heavy (non-hydrogen) atoms. The number of aromatic nitrogens is 1. The van der Waals surface area contributed by atoms with Crippen LogP contribution in [0.3, 0.4) is 0 Å². The average Bonchev–Trinajstić information content (AvgIpc) is 3.09. The molecular weight excluding hydrogens is 318 g/mol. The Kier molecular flexibility index (Phi) is 4.42. The van der Waals surface area contributed by atoms with Gasteiger partial charge >= 0.3 is 0 Å². The lowest BCUT2D eigenvalue weighted by molar-refractivity contribution is 0.0677. The number of carbonyl (C=O) groups is 1. The zero-order valence-corrected chi connectivity index (χ0v) is 15.8. The minimum Gasteiger partial charge on any atom is -0.337 e. The van der Waals surface area contributed by atoms with Crippen molar-refractivity contribution in [2.45, 2.75) is 51.9 Å². The molecule has 3 aliphatic rings. The Morgan fingerprint density at radius 2 is 2.17 bits per heavy atom. The highest BCUT2D eigenvalue weighted by atomic mass is 32.1. The van der Waals surface area contributed by atoms with Crippen LogP contribution in [0, 0.1) is 11.3 Å². The fraction of sp³-hybridized carbons (Fsp3) is 0.789. The number of hydrogen-bond donors (Lipinski definition) is 0. The first-order chi connectivity index (χ1) is 11.5. The van der Waals surface area contributed by atoms with Gasteiger partial charge in [-0.05, 0) is 44.6 Å². The van der Waals surface area contributed by atoms with Gasteiger partial charge in [0.2, 0.25) is 0 Å². The summed E-state index contributed by atoms with van der Waals surface area (Å²) in [6, 6.07) is 0. The second-order valence-corrected chi connectivity index (χ2v) is 9.37. The molecule has 2 saturated heterocycles. The molecule has 1 aliphatic carbocycles. The van der Waals surface area contributed by atoms with Gasteiger partial charge in [-0.1, -0.05) is 13.8 Å². The number of rotatable bonds is 4. The van der Waals surface area contributed by atoms with E-state index >= 15 is 0 Å². The summed E-state index contributed by atoms with van der Waals surface area (Å²) in [6.45, 7) is 9.85. The molecular formula is C19H29N3OS. The van der Waals surface area contributed by atoms with Crippen molar-refractivity contribution in [3.8, 4) is 0 Å². The summed E-state index contributed by atoms with van der Waals surface area (Å²) in [6.07, 6.45) is 6.60. The van der Waals surface area contributed by atoms with Crippen molar-refractivity contribution in [1.29, 1.82) is 0 Å². The molecule has 1 amide bonds. The van der Waals surface area contributed by atoms with Gasteiger partial charge < -0.3 is 9.80 Å². The van der Waals surface area contributed by atoms with Crippen molar-refractivity contribution in [1.82, 2.24) is 14.8 Å². The Bertz CT molecular complexity index is 610. The summed E-state index contributed by atoms with van der Waals surface area (Å²) >= 11 is 1.62. The number of carbonyl (C=O) groups excluding carboxylic acids is 1. The summed E-state index contributed by atoms with van der Waals surface area (Å²) in [4.78, 5) is 22.1. The van der Waals surface area contributed by atoms with E-state index in [1.54, 1.807) is 11.3 Å². The Morgan fingerprint density at radius 3 is 2.88 bits per heavy atom. The fourth-order valence-corrected chi connectivity index (χ4v) is 5.20. The molecule has 0 aromatic carbocycles. The lowest BCUT2D eigenvalue weighted by Crippen LogP contribution is -2.46. The van der Waals surface area contributed by atoms with Crippen molar-refractivity contribution in [3.05, 3.63) is 16.1 Å². The molecule has 4 rings (SSSR count). The normalized spacial score (nSPS) is 28.2. The maximum Gasteiger partial charge on any atom is 0.273 e. The highest BCUT2D eigenvalue weighted by molar-refractivity contribution is 7.09. The van der Waals surface area contributed by atoms with E-state index in [1.165, 1.54) is 51.7 Å². The lowest BCUT2D eigenvalue weighted by Gasteiger charge is -2.40. The molecule has 0 radical (unpaired) electrons. The van der Waals surface area contributed by atoms with Crippen LogP contribution in [0.1, 0.15) is 67.4 Å². The van der Waals surface area contributed by atoms with Crippen molar-refractivity contribution < 1.29 is 4.79 Å². The van der Waals surface area contributed by atoms with E-state index in [9.17, 15) is 4.79 Å². The summed E-state index contributed by atoms with van der Waals surface area (Å²) in [7, 11) is 0. The fourth-order valence-electron chi connectivity index (χ4n) is 4.39. The van der Waals surface area contributed by atoms with Crippen LogP contribution in [0.5, 0.6) is 0 Å². The third-order valence-corrected chi connectivity index (χ3v) is 7.06. The second-order valence-electron chi connectivity index (χ2n) is 8.48. The van der Waals surface area contributed by atoms with Gasteiger partial charge in [-0.25, -0.2) is 4.98 Å². The number of hydrogen-bond acceptors (Lipinski definition) is 4. The Balaban J connectivity index is 1.40. The van der Waals surface area contributed by atoms with Crippen molar-refractivity contribution in [2.24, 2.45) is 11.3 Å². The molecule has 2 aliphatic heterocycles. The van der Waals surface area contributed by atoms with Gasteiger partial charge in [0.1, 0.15) is 5.69 Å². The van der Waals surface area contributed by atoms with Gasteiger partial charge in [0.15, 0.2) is 0 Å². The van der Waals surface area contributed by atoms with Gasteiger partial charge in [0.05, 0.1) is 5.01 Å². The maximum absolute atomic E-state index is 12.8. The van der Waals surface area contributed by atoms with Crippen molar-refractivity contribution >= 4 is 17.2 Å². The molecule has 4 nitrogen and oxygen atoms in total. The van der Waals surface area contributed by atoms with Crippen LogP contribution >= 0.6 is 11.3 Å². The first kappa shape index (κ1) is 16.5. The van der Waals surface area contributed by atoms with Gasteiger partial charge in [-0.15, -0.1) is 11.3 Å². The molecule has 132 valence electrons. The third-order valence-electron chi connectivity index (χ3n) is 5.91. The van der Waals surface area contributed by atoms with Crippen molar-refractivity contribution in [3.63, 3.8) is 0 Å². The van der Waals surface area contributed by atoms with E-state index < -0.39 is 0 Å². The van der Waals surface area contributed by atoms with E-state index in [4.69, 9.17) is 0 Å². The van der Waals surface area contributed by atoms with E-state index in [0.717, 1.165) is 24.0 Å². The van der Waals surface area contributed by atoms with Gasteiger partial charge in [0, 0.05) is 42.9 Å². The molecule has 3 heterocycles. The molecule has 3 fully saturated rings. The molecule has 1 aromatic rings. The third kappa shape index (κ3) is 3.38. The molecule has 0 unspecified atom stereocenters. The first-order valence-electron chi connectivity index (χ1n) is 9.52. The molecule has 1 spiro atoms. The molecule has 5 heteroatoms. The predicted molar refractivity (Wildman–Crippen MR) is 97.6 cm³/mol. The monoisotopic (exact) mass is 347 g/mol. The summed E-state index contributed by atoms with van der Waals surface area (Å²) < 4.78 is 0. The number of amides is 1. The zero-order chi connectivity index (χ0) is 16.7. The van der Waals surface area contributed by atoms with Crippen LogP contribution in [-0.2, 0) is 0 Å². The van der Waals surface area contributed by atoms with Crippen LogP contribution in [0.4, 0.5) is 0 Å². The summed E-state index contributed by atoms with van der Waals surface area (Å²) in [5.41, 5.74) is 1.01. The number of nitrogens with zero attached hydrogens (tertiary/aromatic N) is 3. The maximum atomic E-state index is 12.8. The Hall–Kier alpha value is -0.940. The van der Waals surface area contributed by atoms with Crippen LogP contribution in [0.25, 0.3) is 0 Å². The smallest absolute Gasteiger partial charge is 0.273 e. The number of likely N-dealkylation sites (tertiary alicyclic amines) is 2. The summed E-state index contributed by atoms with van der Waals surface area (Å²) in [5, 5.41) is 3.02. The number of piperidine rings is 1.